The van der Waals surface area contributed by atoms with Gasteiger partial charge in [-0.3, -0.25) is 0 Å². The number of phenols is 1. The highest BCUT2D eigenvalue weighted by atomic mass is 16.5. The molecule has 0 amide bonds. The van der Waals surface area contributed by atoms with Crippen molar-refractivity contribution in [3.8, 4) is 11.5 Å². The second-order valence-corrected chi connectivity index (χ2v) is 4.85. The van der Waals surface area contributed by atoms with Crippen LogP contribution in [0.3, 0.4) is 0 Å². The van der Waals surface area contributed by atoms with Crippen LogP contribution < -0.4 is 4.74 Å². The molecule has 0 aliphatic heterocycles. The first-order valence-electron chi connectivity index (χ1n) is 7.23. The van der Waals surface area contributed by atoms with Crippen LogP contribution in [0.1, 0.15) is 24.3 Å². The van der Waals surface area contributed by atoms with Gasteiger partial charge in [0.1, 0.15) is 5.75 Å². The quantitative estimate of drug-likeness (QED) is 0.722. The van der Waals surface area contributed by atoms with E-state index in [1.54, 1.807) is 13.0 Å². The highest BCUT2D eigenvalue weighted by molar-refractivity contribution is 6.13. The van der Waals surface area contributed by atoms with Crippen LogP contribution in [0, 0.1) is 0 Å². The van der Waals surface area contributed by atoms with E-state index in [-0.39, 0.29) is 18.1 Å². The van der Waals surface area contributed by atoms with Crippen LogP contribution in [0.15, 0.2) is 30.3 Å². The van der Waals surface area contributed by atoms with Crippen molar-refractivity contribution < 1.29 is 19.4 Å². The van der Waals surface area contributed by atoms with Crippen LogP contribution in [0.2, 0.25) is 0 Å². The fraction of sp³-hybridized carbons (Fsp3) is 0.235. The number of ether oxygens (including phenoxy) is 2. The van der Waals surface area contributed by atoms with Crippen LogP contribution in [0.25, 0.3) is 21.7 Å². The zero-order valence-electron chi connectivity index (χ0n) is 12.5. The monoisotopic (exact) mass is 299 g/mol. The first-order valence-corrected chi connectivity index (χ1v) is 7.23. The molecule has 1 aromatic heterocycles. The summed E-state index contributed by atoms with van der Waals surface area (Å²) < 4.78 is 10.7. The number of H-pyrrole nitrogens is 1. The number of aromatic nitrogens is 1. The molecular formula is C17H17NO4. The molecule has 2 aromatic carbocycles. The van der Waals surface area contributed by atoms with Gasteiger partial charge in [0, 0.05) is 16.2 Å². The van der Waals surface area contributed by atoms with Gasteiger partial charge in [-0.05, 0) is 19.9 Å². The predicted octanol–water partition coefficient (Wildman–Crippen LogP) is 3.60. The Morgan fingerprint density at radius 2 is 1.86 bits per heavy atom. The lowest BCUT2D eigenvalue weighted by Crippen LogP contribution is -2.07. The standard InChI is InChI=1S/C17H17NO4/c1-3-21-16-12-9-13(19)10-7-5-6-8-11(10)14(12)18-15(16)17(20)22-4-2/h5-9,18-19H,3-4H2,1-2H3. The summed E-state index contributed by atoms with van der Waals surface area (Å²) in [6, 6.07) is 9.06. The second kappa shape index (κ2) is 5.60. The maximum atomic E-state index is 12.1. The lowest BCUT2D eigenvalue weighted by Gasteiger charge is -2.06. The SMILES string of the molecule is CCOC(=O)c1[nH]c2c(cc(O)c3ccccc32)c1OCC. The molecule has 0 atom stereocenters. The molecule has 3 rings (SSSR count). The first kappa shape index (κ1) is 14.3. The number of aromatic amines is 1. The summed E-state index contributed by atoms with van der Waals surface area (Å²) in [5.74, 6) is 0.0983. The Morgan fingerprint density at radius 1 is 1.14 bits per heavy atom. The van der Waals surface area contributed by atoms with Gasteiger partial charge in [0.25, 0.3) is 0 Å². The number of rotatable bonds is 4. The number of carbonyl (C=O) groups excluding carboxylic acids is 1. The molecule has 0 radical (unpaired) electrons. The molecule has 0 aliphatic rings. The molecule has 5 heteroatoms. The normalized spacial score (nSPS) is 11.0. The summed E-state index contributed by atoms with van der Waals surface area (Å²) in [4.78, 5) is 15.2. The van der Waals surface area contributed by atoms with E-state index >= 15 is 0 Å². The molecule has 0 spiro atoms. The van der Waals surface area contributed by atoms with E-state index in [0.29, 0.717) is 17.7 Å². The number of hydrogen-bond acceptors (Lipinski definition) is 4. The molecule has 0 saturated heterocycles. The zero-order chi connectivity index (χ0) is 15.7. The van der Waals surface area contributed by atoms with Crippen LogP contribution in [0.5, 0.6) is 11.5 Å². The Labute approximate surface area is 127 Å². The minimum Gasteiger partial charge on any atom is -0.507 e. The fourth-order valence-corrected chi connectivity index (χ4v) is 2.63. The summed E-state index contributed by atoms with van der Waals surface area (Å²) >= 11 is 0. The van der Waals surface area contributed by atoms with E-state index in [9.17, 15) is 9.90 Å². The third kappa shape index (κ3) is 2.15. The van der Waals surface area contributed by atoms with Crippen LogP contribution in [-0.2, 0) is 4.74 Å². The highest BCUT2D eigenvalue weighted by Crippen LogP contribution is 2.39. The Hall–Kier alpha value is -2.69. The molecule has 0 aliphatic carbocycles. The van der Waals surface area contributed by atoms with Gasteiger partial charge in [0.2, 0.25) is 0 Å². The Bertz CT molecular complexity index is 851. The Balaban J connectivity index is 2.35. The van der Waals surface area contributed by atoms with E-state index in [0.717, 1.165) is 16.3 Å². The van der Waals surface area contributed by atoms with E-state index in [1.165, 1.54) is 0 Å². The number of benzene rings is 2. The van der Waals surface area contributed by atoms with Gasteiger partial charge in [0.15, 0.2) is 11.4 Å². The molecule has 0 unspecified atom stereocenters. The minimum absolute atomic E-state index is 0.151. The minimum atomic E-state index is -0.467. The number of carbonyl (C=O) groups is 1. The average molecular weight is 299 g/mol. The predicted molar refractivity (Wildman–Crippen MR) is 84.6 cm³/mol. The second-order valence-electron chi connectivity index (χ2n) is 4.85. The molecule has 0 fully saturated rings. The van der Waals surface area contributed by atoms with Crippen molar-refractivity contribution in [2.45, 2.75) is 13.8 Å². The van der Waals surface area contributed by atoms with E-state index in [4.69, 9.17) is 9.47 Å². The van der Waals surface area contributed by atoms with Crippen molar-refractivity contribution >= 4 is 27.6 Å². The number of nitrogens with one attached hydrogen (secondary N) is 1. The molecule has 1 heterocycles. The molecule has 22 heavy (non-hydrogen) atoms. The van der Waals surface area contributed by atoms with Crippen LogP contribution in [0.4, 0.5) is 0 Å². The molecule has 3 aromatic rings. The number of hydrogen-bond donors (Lipinski definition) is 2. The molecule has 2 N–H and O–H groups in total. The van der Waals surface area contributed by atoms with E-state index in [1.807, 2.05) is 31.2 Å². The molecule has 5 nitrogen and oxygen atoms in total. The van der Waals surface area contributed by atoms with Crippen LogP contribution >= 0.6 is 0 Å². The molecule has 114 valence electrons. The van der Waals surface area contributed by atoms with Gasteiger partial charge in [-0.2, -0.15) is 0 Å². The fourth-order valence-electron chi connectivity index (χ4n) is 2.63. The summed E-state index contributed by atoms with van der Waals surface area (Å²) in [6.07, 6.45) is 0. The topological polar surface area (TPSA) is 71.6 Å². The van der Waals surface area contributed by atoms with Crippen molar-refractivity contribution in [1.82, 2.24) is 4.98 Å². The number of fused-ring (bicyclic) bond motifs is 3. The van der Waals surface area contributed by atoms with Gasteiger partial charge in [-0.25, -0.2) is 4.79 Å². The number of aromatic hydroxyl groups is 1. The van der Waals surface area contributed by atoms with Crippen molar-refractivity contribution in [1.29, 1.82) is 0 Å². The highest BCUT2D eigenvalue weighted by Gasteiger charge is 2.22. The lowest BCUT2D eigenvalue weighted by atomic mass is 10.1. The van der Waals surface area contributed by atoms with Crippen molar-refractivity contribution in [3.63, 3.8) is 0 Å². The zero-order valence-corrected chi connectivity index (χ0v) is 12.5. The van der Waals surface area contributed by atoms with Gasteiger partial charge < -0.3 is 19.6 Å². The molecule has 0 saturated carbocycles. The van der Waals surface area contributed by atoms with Crippen molar-refractivity contribution in [2.75, 3.05) is 13.2 Å². The number of esters is 1. The van der Waals surface area contributed by atoms with E-state index < -0.39 is 5.97 Å². The third-order valence-electron chi connectivity index (χ3n) is 3.51. The van der Waals surface area contributed by atoms with Crippen LogP contribution in [-0.4, -0.2) is 29.3 Å². The number of phenolic OH excluding ortho intramolecular Hbond substituents is 1. The maximum absolute atomic E-state index is 12.1. The molecular weight excluding hydrogens is 282 g/mol. The summed E-state index contributed by atoms with van der Waals surface area (Å²) in [5, 5.41) is 12.4. The van der Waals surface area contributed by atoms with Gasteiger partial charge in [-0.15, -0.1) is 0 Å². The van der Waals surface area contributed by atoms with E-state index in [2.05, 4.69) is 4.98 Å². The summed E-state index contributed by atoms with van der Waals surface area (Å²) in [6.45, 7) is 4.29. The van der Waals surface area contributed by atoms with Gasteiger partial charge in [-0.1, -0.05) is 24.3 Å². The Kier molecular flexibility index (Phi) is 3.63. The maximum Gasteiger partial charge on any atom is 0.358 e. The smallest absolute Gasteiger partial charge is 0.358 e. The third-order valence-corrected chi connectivity index (χ3v) is 3.51. The summed E-state index contributed by atoms with van der Waals surface area (Å²) in [7, 11) is 0. The summed E-state index contributed by atoms with van der Waals surface area (Å²) in [5.41, 5.74) is 1.02. The Morgan fingerprint density at radius 3 is 2.55 bits per heavy atom. The average Bonchev–Trinajstić information content (AvgIpc) is 2.87. The van der Waals surface area contributed by atoms with Crippen molar-refractivity contribution in [2.24, 2.45) is 0 Å². The first-order chi connectivity index (χ1) is 10.7. The van der Waals surface area contributed by atoms with Gasteiger partial charge in [0.05, 0.1) is 18.7 Å². The van der Waals surface area contributed by atoms with Gasteiger partial charge >= 0.3 is 5.97 Å². The molecule has 0 bridgehead atoms. The van der Waals surface area contributed by atoms with Crippen molar-refractivity contribution in [3.05, 3.63) is 36.0 Å². The lowest BCUT2D eigenvalue weighted by molar-refractivity contribution is 0.0516. The largest absolute Gasteiger partial charge is 0.507 e.